The third kappa shape index (κ3) is 5.18. The van der Waals surface area contributed by atoms with E-state index in [0.717, 1.165) is 0 Å². The molecule has 0 bridgehead atoms. The van der Waals surface area contributed by atoms with Gasteiger partial charge in [-0.3, -0.25) is 4.79 Å². The molecule has 0 aliphatic rings. The van der Waals surface area contributed by atoms with Crippen LogP contribution in [0, 0.1) is 0 Å². The smallest absolute Gasteiger partial charge is 0.303 e. The molecule has 1 aromatic carbocycles. The maximum atomic E-state index is 12.4. The Kier molecular flexibility index (Phi) is 5.61. The first-order valence-corrected chi connectivity index (χ1v) is 8.03. The van der Waals surface area contributed by atoms with E-state index in [2.05, 4.69) is 4.72 Å². The van der Waals surface area contributed by atoms with Gasteiger partial charge in [0.05, 0.1) is 7.11 Å². The van der Waals surface area contributed by atoms with Crippen LogP contribution in [0.5, 0.6) is 5.75 Å². The molecule has 0 unspecified atom stereocenters. The molecule has 1 rings (SSSR count). The van der Waals surface area contributed by atoms with Crippen LogP contribution < -0.4 is 9.46 Å². The molecule has 8 heteroatoms. The topological polar surface area (TPSA) is 92.7 Å². The lowest BCUT2D eigenvalue weighted by atomic mass is 10.0. The minimum atomic E-state index is -3.88. The van der Waals surface area contributed by atoms with Crippen molar-refractivity contribution in [3.63, 3.8) is 0 Å². The van der Waals surface area contributed by atoms with Crippen molar-refractivity contribution < 1.29 is 23.1 Å². The lowest BCUT2D eigenvalue weighted by Gasteiger charge is -2.25. The van der Waals surface area contributed by atoms with Crippen LogP contribution in [0.25, 0.3) is 0 Å². The first-order chi connectivity index (χ1) is 9.57. The summed E-state index contributed by atoms with van der Waals surface area (Å²) < 4.78 is 32.4. The fraction of sp³-hybridized carbons (Fsp3) is 0.462. The Morgan fingerprint density at radius 1 is 1.43 bits per heavy atom. The van der Waals surface area contributed by atoms with Gasteiger partial charge < -0.3 is 9.84 Å². The van der Waals surface area contributed by atoms with Crippen LogP contribution in [-0.2, 0) is 14.8 Å². The summed E-state index contributed by atoms with van der Waals surface area (Å²) in [6, 6.07) is 4.27. The van der Waals surface area contributed by atoms with Gasteiger partial charge in [0.1, 0.15) is 10.6 Å². The second-order valence-corrected chi connectivity index (χ2v) is 7.27. The summed E-state index contributed by atoms with van der Waals surface area (Å²) >= 11 is 5.83. The van der Waals surface area contributed by atoms with Crippen molar-refractivity contribution in [3.8, 4) is 5.75 Å². The van der Waals surface area contributed by atoms with Gasteiger partial charge in [0, 0.05) is 17.0 Å². The Morgan fingerprint density at radius 3 is 2.57 bits per heavy atom. The molecule has 0 spiro atoms. The highest BCUT2D eigenvalue weighted by Gasteiger charge is 2.29. The molecular weight excluding hydrogens is 318 g/mol. The van der Waals surface area contributed by atoms with Gasteiger partial charge in [-0.25, -0.2) is 13.1 Å². The Labute approximate surface area is 129 Å². The van der Waals surface area contributed by atoms with Crippen LogP contribution in [-0.4, -0.2) is 32.1 Å². The molecule has 118 valence electrons. The van der Waals surface area contributed by atoms with E-state index < -0.39 is 21.5 Å². The summed E-state index contributed by atoms with van der Waals surface area (Å²) in [5, 5.41) is 8.96. The molecule has 0 aliphatic carbocycles. The molecule has 0 fully saturated rings. The molecule has 6 nitrogen and oxygen atoms in total. The summed E-state index contributed by atoms with van der Waals surface area (Å²) in [6.45, 7) is 3.23. The number of halogens is 1. The summed E-state index contributed by atoms with van der Waals surface area (Å²) in [6.07, 6.45) is 0.0205. The Hall–Kier alpha value is -1.31. The number of ether oxygens (including phenoxy) is 1. The molecule has 0 atom stereocenters. The average Bonchev–Trinajstić information content (AvgIpc) is 2.35. The van der Waals surface area contributed by atoms with Gasteiger partial charge in [-0.1, -0.05) is 11.6 Å². The van der Waals surface area contributed by atoms with E-state index in [1.807, 2.05) is 0 Å². The monoisotopic (exact) mass is 335 g/mol. The molecule has 2 N–H and O–H groups in total. The normalized spacial score (nSPS) is 12.2. The van der Waals surface area contributed by atoms with E-state index in [9.17, 15) is 13.2 Å². The standard InChI is InChI=1S/C13H18ClNO5S/c1-13(2,7-6-12(16)17)15-21(18,19)11-8-9(14)4-5-10(11)20-3/h4-5,8,15H,6-7H2,1-3H3,(H,16,17). The number of carboxylic acid groups (broad SMARTS) is 1. The summed E-state index contributed by atoms with van der Waals surface area (Å²) in [7, 11) is -2.52. The van der Waals surface area contributed by atoms with Crippen LogP contribution in [0.4, 0.5) is 0 Å². The molecule has 21 heavy (non-hydrogen) atoms. The average molecular weight is 336 g/mol. The van der Waals surface area contributed by atoms with Crippen molar-refractivity contribution in [2.24, 2.45) is 0 Å². The minimum absolute atomic E-state index is 0.0825. The molecule has 0 amide bonds. The van der Waals surface area contributed by atoms with Gasteiger partial charge in [-0.15, -0.1) is 0 Å². The van der Waals surface area contributed by atoms with E-state index in [1.54, 1.807) is 13.8 Å². The van der Waals surface area contributed by atoms with E-state index in [4.69, 9.17) is 21.4 Å². The van der Waals surface area contributed by atoms with Gasteiger partial charge in [-0.2, -0.15) is 0 Å². The second kappa shape index (κ2) is 6.64. The Morgan fingerprint density at radius 2 is 2.05 bits per heavy atom. The molecule has 0 aromatic heterocycles. The molecule has 1 aromatic rings. The van der Waals surface area contributed by atoms with E-state index in [1.165, 1.54) is 25.3 Å². The number of rotatable bonds is 7. The maximum Gasteiger partial charge on any atom is 0.303 e. The van der Waals surface area contributed by atoms with Gasteiger partial charge >= 0.3 is 5.97 Å². The summed E-state index contributed by atoms with van der Waals surface area (Å²) in [5.74, 6) is -0.816. The fourth-order valence-corrected chi connectivity index (χ4v) is 3.62. The molecule has 0 heterocycles. The van der Waals surface area contributed by atoms with Crippen molar-refractivity contribution >= 4 is 27.6 Å². The molecule has 0 radical (unpaired) electrons. The molecule has 0 saturated heterocycles. The number of methoxy groups -OCH3 is 1. The number of carboxylic acids is 1. The van der Waals surface area contributed by atoms with Gasteiger partial charge in [0.2, 0.25) is 10.0 Å². The molecule has 0 saturated carbocycles. The number of aliphatic carboxylic acids is 1. The first kappa shape index (κ1) is 17.7. The number of benzene rings is 1. The van der Waals surface area contributed by atoms with Crippen molar-refractivity contribution in [2.75, 3.05) is 7.11 Å². The highest BCUT2D eigenvalue weighted by atomic mass is 35.5. The SMILES string of the molecule is COc1ccc(Cl)cc1S(=O)(=O)NC(C)(C)CCC(=O)O. The van der Waals surface area contributed by atoms with Gasteiger partial charge in [-0.05, 0) is 38.5 Å². The zero-order valence-corrected chi connectivity index (χ0v) is 13.6. The quantitative estimate of drug-likeness (QED) is 0.797. The zero-order valence-electron chi connectivity index (χ0n) is 12.0. The maximum absolute atomic E-state index is 12.4. The number of hydrogen-bond donors (Lipinski definition) is 2. The highest BCUT2D eigenvalue weighted by molar-refractivity contribution is 7.89. The van der Waals surface area contributed by atoms with Crippen LogP contribution >= 0.6 is 11.6 Å². The number of sulfonamides is 1. The lowest BCUT2D eigenvalue weighted by molar-refractivity contribution is -0.137. The minimum Gasteiger partial charge on any atom is -0.495 e. The van der Waals surface area contributed by atoms with Crippen molar-refractivity contribution in [1.29, 1.82) is 0 Å². The lowest BCUT2D eigenvalue weighted by Crippen LogP contribution is -2.43. The fourth-order valence-electron chi connectivity index (χ4n) is 1.75. The molecular formula is C13H18ClNO5S. The second-order valence-electron chi connectivity index (χ2n) is 5.18. The van der Waals surface area contributed by atoms with Crippen molar-refractivity contribution in [1.82, 2.24) is 4.72 Å². The van der Waals surface area contributed by atoms with Crippen molar-refractivity contribution in [3.05, 3.63) is 23.2 Å². The summed E-state index contributed by atoms with van der Waals surface area (Å²) in [4.78, 5) is 10.5. The van der Waals surface area contributed by atoms with Crippen LogP contribution in [0.15, 0.2) is 23.1 Å². The Bertz CT molecular complexity index is 627. The number of carbonyl (C=O) groups is 1. The predicted octanol–water partition coefficient (Wildman–Crippen LogP) is 2.27. The van der Waals surface area contributed by atoms with E-state index >= 15 is 0 Å². The van der Waals surface area contributed by atoms with Crippen LogP contribution in [0.1, 0.15) is 26.7 Å². The van der Waals surface area contributed by atoms with Gasteiger partial charge in [0.25, 0.3) is 0 Å². The largest absolute Gasteiger partial charge is 0.495 e. The van der Waals surface area contributed by atoms with Crippen LogP contribution in [0.3, 0.4) is 0 Å². The van der Waals surface area contributed by atoms with Gasteiger partial charge in [0.15, 0.2) is 0 Å². The first-order valence-electron chi connectivity index (χ1n) is 6.17. The zero-order chi connectivity index (χ0) is 16.3. The van der Waals surface area contributed by atoms with Crippen LogP contribution in [0.2, 0.25) is 5.02 Å². The third-order valence-corrected chi connectivity index (χ3v) is 4.74. The number of nitrogens with one attached hydrogen (secondary N) is 1. The van der Waals surface area contributed by atoms with E-state index in [-0.39, 0.29) is 28.5 Å². The third-order valence-electron chi connectivity index (χ3n) is 2.79. The van der Waals surface area contributed by atoms with Crippen molar-refractivity contribution in [2.45, 2.75) is 37.1 Å². The highest BCUT2D eigenvalue weighted by Crippen LogP contribution is 2.28. The predicted molar refractivity (Wildman–Crippen MR) is 79.3 cm³/mol. The molecule has 0 aliphatic heterocycles. The Balaban J connectivity index is 3.06. The summed E-state index contributed by atoms with van der Waals surface area (Å²) in [5.41, 5.74) is -0.912. The van der Waals surface area contributed by atoms with E-state index in [0.29, 0.717) is 0 Å². The number of hydrogen-bond acceptors (Lipinski definition) is 4.